The van der Waals surface area contributed by atoms with Gasteiger partial charge in [-0.15, -0.1) is 0 Å². The summed E-state index contributed by atoms with van der Waals surface area (Å²) in [6, 6.07) is 10.6. The number of benzene rings is 1. The van der Waals surface area contributed by atoms with Crippen LogP contribution in [0.1, 0.15) is 41.7 Å². The van der Waals surface area contributed by atoms with Crippen LogP contribution in [-0.4, -0.2) is 27.2 Å². The smallest absolute Gasteiger partial charge is 0.272 e. The van der Waals surface area contributed by atoms with E-state index in [1.807, 2.05) is 12.1 Å². The summed E-state index contributed by atoms with van der Waals surface area (Å²) in [5.74, 6) is 0.196. The van der Waals surface area contributed by atoms with Crippen molar-refractivity contribution < 1.29 is 9.53 Å². The Kier molecular flexibility index (Phi) is 4.82. The van der Waals surface area contributed by atoms with Gasteiger partial charge in [-0.25, -0.2) is 10.1 Å². The van der Waals surface area contributed by atoms with E-state index in [1.165, 1.54) is 12.8 Å². The Balaban J connectivity index is 1.52. The summed E-state index contributed by atoms with van der Waals surface area (Å²) in [7, 11) is 0. The van der Waals surface area contributed by atoms with Crippen molar-refractivity contribution in [2.45, 2.75) is 38.3 Å². The van der Waals surface area contributed by atoms with Crippen LogP contribution in [0.2, 0.25) is 0 Å². The fraction of sp³-hybridized carbons (Fsp3) is 0.300. The van der Waals surface area contributed by atoms with Gasteiger partial charge >= 0.3 is 0 Å². The number of nitrogens with zero attached hydrogens (tertiary/aromatic N) is 2. The van der Waals surface area contributed by atoms with E-state index in [1.54, 1.807) is 30.5 Å². The molecule has 138 valence electrons. The molecule has 0 atom stereocenters. The predicted octanol–water partition coefficient (Wildman–Crippen LogP) is 2.57. The van der Waals surface area contributed by atoms with Crippen LogP contribution in [0, 0.1) is 0 Å². The lowest BCUT2D eigenvalue weighted by Crippen LogP contribution is -2.26. The van der Waals surface area contributed by atoms with Gasteiger partial charge in [0.2, 0.25) is 5.88 Å². The first-order valence-electron chi connectivity index (χ1n) is 9.08. The minimum Gasteiger partial charge on any atom is -0.474 e. The van der Waals surface area contributed by atoms with Crippen molar-refractivity contribution >= 4 is 16.7 Å². The molecule has 1 saturated carbocycles. The van der Waals surface area contributed by atoms with Crippen molar-refractivity contribution in [2.24, 2.45) is 0 Å². The van der Waals surface area contributed by atoms with Crippen LogP contribution >= 0.6 is 0 Å². The molecular formula is C20H20N4O3. The quantitative estimate of drug-likeness (QED) is 0.725. The van der Waals surface area contributed by atoms with Crippen LogP contribution in [0.3, 0.4) is 0 Å². The highest BCUT2D eigenvalue weighted by Crippen LogP contribution is 2.25. The second-order valence-corrected chi connectivity index (χ2v) is 6.62. The Hall–Kier alpha value is -3.22. The molecule has 1 fully saturated rings. The normalized spacial score (nSPS) is 14.4. The molecule has 0 bridgehead atoms. The largest absolute Gasteiger partial charge is 0.474 e. The highest BCUT2D eigenvalue weighted by molar-refractivity contribution is 6.04. The van der Waals surface area contributed by atoms with E-state index >= 15 is 0 Å². The molecule has 3 aromatic rings. The van der Waals surface area contributed by atoms with Crippen molar-refractivity contribution in [3.05, 3.63) is 64.2 Å². The van der Waals surface area contributed by atoms with Gasteiger partial charge in [0.1, 0.15) is 6.10 Å². The third-order valence-electron chi connectivity index (χ3n) is 4.78. The molecule has 1 amide bonds. The number of aromatic nitrogens is 3. The first-order valence-corrected chi connectivity index (χ1v) is 9.08. The number of rotatable bonds is 5. The summed E-state index contributed by atoms with van der Waals surface area (Å²) in [6.45, 7) is 0.268. The average Bonchev–Trinajstić information content (AvgIpc) is 3.21. The number of aromatic amines is 1. The second-order valence-electron chi connectivity index (χ2n) is 6.62. The first kappa shape index (κ1) is 17.2. The standard InChI is InChI=1S/C20H20N4O3/c25-18-16-10-4-3-9-15(16)17(23-24-18)19(26)22-12-13-6-5-11-21-20(13)27-14-7-1-2-8-14/h3-6,9-11,14H,1-2,7-8,12H2,(H,22,26)(H,24,25). The zero-order chi connectivity index (χ0) is 18.6. The van der Waals surface area contributed by atoms with Gasteiger partial charge in [-0.3, -0.25) is 9.59 Å². The lowest BCUT2D eigenvalue weighted by atomic mass is 10.1. The van der Waals surface area contributed by atoms with E-state index in [-0.39, 0.29) is 29.8 Å². The predicted molar refractivity (Wildman–Crippen MR) is 101 cm³/mol. The molecule has 1 aromatic carbocycles. The zero-order valence-corrected chi connectivity index (χ0v) is 14.8. The van der Waals surface area contributed by atoms with E-state index in [4.69, 9.17) is 4.74 Å². The summed E-state index contributed by atoms with van der Waals surface area (Å²) in [5.41, 5.74) is 0.681. The third-order valence-corrected chi connectivity index (χ3v) is 4.78. The highest BCUT2D eigenvalue weighted by Gasteiger charge is 2.19. The molecule has 7 nitrogen and oxygen atoms in total. The minimum absolute atomic E-state index is 0.187. The van der Waals surface area contributed by atoms with Crippen LogP contribution in [0.25, 0.3) is 10.8 Å². The van der Waals surface area contributed by atoms with Gasteiger partial charge < -0.3 is 10.1 Å². The number of fused-ring (bicyclic) bond motifs is 1. The number of hydrogen-bond acceptors (Lipinski definition) is 5. The van der Waals surface area contributed by atoms with Crippen molar-refractivity contribution in [3.8, 4) is 5.88 Å². The summed E-state index contributed by atoms with van der Waals surface area (Å²) in [4.78, 5) is 28.8. The average molecular weight is 364 g/mol. The number of amides is 1. The van der Waals surface area contributed by atoms with Gasteiger partial charge in [-0.2, -0.15) is 5.10 Å². The fourth-order valence-electron chi connectivity index (χ4n) is 3.38. The maximum absolute atomic E-state index is 12.6. The van der Waals surface area contributed by atoms with Crippen molar-refractivity contribution in [1.29, 1.82) is 0 Å². The van der Waals surface area contributed by atoms with Gasteiger partial charge in [-0.1, -0.05) is 24.3 Å². The summed E-state index contributed by atoms with van der Waals surface area (Å²) in [6.07, 6.45) is 6.31. The number of hydrogen-bond donors (Lipinski definition) is 2. The highest BCUT2D eigenvalue weighted by atomic mass is 16.5. The molecular weight excluding hydrogens is 344 g/mol. The number of nitrogens with one attached hydrogen (secondary N) is 2. The van der Waals surface area contributed by atoms with Gasteiger partial charge in [0.25, 0.3) is 11.5 Å². The van der Waals surface area contributed by atoms with E-state index in [2.05, 4.69) is 20.5 Å². The van der Waals surface area contributed by atoms with Gasteiger partial charge in [-0.05, 0) is 37.8 Å². The Morgan fingerprint density at radius 3 is 2.74 bits per heavy atom. The molecule has 1 aliphatic rings. The molecule has 2 aromatic heterocycles. The number of pyridine rings is 1. The topological polar surface area (TPSA) is 97.0 Å². The van der Waals surface area contributed by atoms with Gasteiger partial charge in [0.05, 0.1) is 5.39 Å². The van der Waals surface area contributed by atoms with E-state index in [0.717, 1.165) is 18.4 Å². The number of carbonyl (C=O) groups excluding carboxylic acids is 1. The molecule has 0 saturated heterocycles. The molecule has 2 heterocycles. The third kappa shape index (κ3) is 3.67. The Labute approximate surface area is 155 Å². The van der Waals surface area contributed by atoms with E-state index in [0.29, 0.717) is 16.7 Å². The number of H-pyrrole nitrogens is 1. The molecule has 4 rings (SSSR count). The van der Waals surface area contributed by atoms with Crippen LogP contribution in [-0.2, 0) is 6.54 Å². The fourth-order valence-corrected chi connectivity index (χ4v) is 3.38. The molecule has 0 radical (unpaired) electrons. The van der Waals surface area contributed by atoms with Crippen LogP contribution in [0.5, 0.6) is 5.88 Å². The van der Waals surface area contributed by atoms with Crippen LogP contribution < -0.4 is 15.6 Å². The van der Waals surface area contributed by atoms with Crippen LogP contribution in [0.4, 0.5) is 0 Å². The zero-order valence-electron chi connectivity index (χ0n) is 14.8. The maximum atomic E-state index is 12.6. The second kappa shape index (κ2) is 7.57. The SMILES string of the molecule is O=C(NCc1cccnc1OC1CCCC1)c1n[nH]c(=O)c2ccccc12. The molecule has 0 aliphatic heterocycles. The van der Waals surface area contributed by atoms with Gasteiger partial charge in [0.15, 0.2) is 5.69 Å². The lowest BCUT2D eigenvalue weighted by molar-refractivity contribution is 0.0946. The Morgan fingerprint density at radius 1 is 1.15 bits per heavy atom. The summed E-state index contributed by atoms with van der Waals surface area (Å²) >= 11 is 0. The molecule has 27 heavy (non-hydrogen) atoms. The lowest BCUT2D eigenvalue weighted by Gasteiger charge is -2.15. The van der Waals surface area contributed by atoms with Crippen molar-refractivity contribution in [1.82, 2.24) is 20.5 Å². The van der Waals surface area contributed by atoms with E-state index in [9.17, 15) is 9.59 Å². The summed E-state index contributed by atoms with van der Waals surface area (Å²) in [5, 5.41) is 10.1. The van der Waals surface area contributed by atoms with Crippen molar-refractivity contribution in [3.63, 3.8) is 0 Å². The minimum atomic E-state index is -0.363. The monoisotopic (exact) mass is 364 g/mol. The molecule has 2 N–H and O–H groups in total. The molecule has 0 spiro atoms. The van der Waals surface area contributed by atoms with E-state index < -0.39 is 0 Å². The molecule has 1 aliphatic carbocycles. The Morgan fingerprint density at radius 2 is 1.93 bits per heavy atom. The number of carbonyl (C=O) groups is 1. The molecule has 0 unspecified atom stereocenters. The maximum Gasteiger partial charge on any atom is 0.272 e. The number of ether oxygens (including phenoxy) is 1. The Bertz CT molecular complexity index is 1020. The van der Waals surface area contributed by atoms with Gasteiger partial charge in [0, 0.05) is 23.7 Å². The van der Waals surface area contributed by atoms with Crippen LogP contribution in [0.15, 0.2) is 47.4 Å². The first-order chi connectivity index (χ1) is 13.2. The summed E-state index contributed by atoms with van der Waals surface area (Å²) < 4.78 is 6.00. The van der Waals surface area contributed by atoms with Crippen molar-refractivity contribution in [2.75, 3.05) is 0 Å². The molecule has 7 heteroatoms.